The maximum absolute atomic E-state index is 4.67. The first kappa shape index (κ1) is 13.3. The van der Waals surface area contributed by atoms with Crippen molar-refractivity contribution in [3.63, 3.8) is 0 Å². The third-order valence-electron chi connectivity index (χ3n) is 4.29. The van der Waals surface area contributed by atoms with Crippen LogP contribution >= 0.6 is 0 Å². The zero-order valence-corrected chi connectivity index (χ0v) is 13.0. The average molecular weight is 309 g/mol. The van der Waals surface area contributed by atoms with Crippen molar-refractivity contribution in [2.45, 2.75) is 6.42 Å². The summed E-state index contributed by atoms with van der Waals surface area (Å²) in [7, 11) is 0. The highest BCUT2D eigenvalue weighted by molar-refractivity contribution is 6.20. The van der Waals surface area contributed by atoms with Crippen LogP contribution in [0.3, 0.4) is 0 Å². The van der Waals surface area contributed by atoms with Gasteiger partial charge in [0.15, 0.2) is 0 Å². The molecule has 0 radical (unpaired) electrons. The molecule has 0 amide bonds. The van der Waals surface area contributed by atoms with E-state index in [0.717, 1.165) is 39.9 Å². The van der Waals surface area contributed by atoms with Gasteiger partial charge >= 0.3 is 0 Å². The molecule has 1 aliphatic carbocycles. The fourth-order valence-corrected chi connectivity index (χ4v) is 3.17. The van der Waals surface area contributed by atoms with Crippen LogP contribution in [0.15, 0.2) is 93.3 Å². The SMILES string of the molecule is C1=CC2=NC1=CC1=CC=C(C=C3C=CC(=N3)C=c3ccc([nH]3)=C2)C1. The molecule has 8 bridgehead atoms. The van der Waals surface area contributed by atoms with E-state index in [-0.39, 0.29) is 0 Å². The largest absolute Gasteiger partial charge is 0.355 e. The fourth-order valence-electron chi connectivity index (χ4n) is 3.17. The number of aromatic amines is 1. The van der Waals surface area contributed by atoms with E-state index < -0.39 is 0 Å². The molecule has 0 atom stereocenters. The van der Waals surface area contributed by atoms with Crippen LogP contribution in [0.4, 0.5) is 0 Å². The first-order valence-electron chi connectivity index (χ1n) is 8.05. The Labute approximate surface area is 139 Å². The Morgan fingerprint density at radius 3 is 1.75 bits per heavy atom. The number of nitrogens with one attached hydrogen (secondary N) is 1. The van der Waals surface area contributed by atoms with E-state index in [4.69, 9.17) is 0 Å². The van der Waals surface area contributed by atoms with Gasteiger partial charge in [-0.05, 0) is 78.3 Å². The molecule has 24 heavy (non-hydrogen) atoms. The molecule has 4 aliphatic rings. The van der Waals surface area contributed by atoms with E-state index in [0.29, 0.717) is 0 Å². The quantitative estimate of drug-likeness (QED) is 0.765. The minimum absolute atomic E-state index is 0.926. The minimum Gasteiger partial charge on any atom is -0.355 e. The first-order valence-corrected chi connectivity index (χ1v) is 8.05. The Bertz CT molecular complexity index is 1020. The highest BCUT2D eigenvalue weighted by Crippen LogP contribution is 2.26. The summed E-state index contributed by atoms with van der Waals surface area (Å²) in [5.74, 6) is 0. The van der Waals surface area contributed by atoms with Crippen molar-refractivity contribution in [1.29, 1.82) is 0 Å². The molecule has 1 aromatic rings. The lowest BCUT2D eigenvalue weighted by atomic mass is 10.1. The number of rotatable bonds is 0. The van der Waals surface area contributed by atoms with E-state index in [1.54, 1.807) is 0 Å². The summed E-state index contributed by atoms with van der Waals surface area (Å²) in [6.45, 7) is 0. The number of fused-ring (bicyclic) bond motifs is 6. The Hall–Kier alpha value is -3.20. The highest BCUT2D eigenvalue weighted by atomic mass is 14.8. The van der Waals surface area contributed by atoms with Crippen molar-refractivity contribution >= 4 is 23.6 Å². The molecule has 0 fully saturated rings. The number of hydrogen-bond donors (Lipinski definition) is 1. The van der Waals surface area contributed by atoms with Crippen molar-refractivity contribution in [3.8, 4) is 0 Å². The van der Waals surface area contributed by atoms with Gasteiger partial charge in [0.25, 0.3) is 0 Å². The Morgan fingerprint density at radius 1 is 0.667 bits per heavy atom. The van der Waals surface area contributed by atoms with Crippen LogP contribution < -0.4 is 10.7 Å². The van der Waals surface area contributed by atoms with Crippen LogP contribution in [0.5, 0.6) is 0 Å². The van der Waals surface area contributed by atoms with Crippen molar-refractivity contribution in [3.05, 3.63) is 94.0 Å². The molecule has 1 N–H and O–H groups in total. The normalized spacial score (nSPS) is 20.5. The zero-order valence-electron chi connectivity index (χ0n) is 13.0. The van der Waals surface area contributed by atoms with Gasteiger partial charge in [-0.1, -0.05) is 12.2 Å². The molecule has 0 saturated heterocycles. The van der Waals surface area contributed by atoms with Gasteiger partial charge in [0, 0.05) is 10.7 Å². The molecule has 114 valence electrons. The van der Waals surface area contributed by atoms with Gasteiger partial charge in [0.2, 0.25) is 0 Å². The molecule has 0 aromatic carbocycles. The number of allylic oxidation sites excluding steroid dienone is 10. The van der Waals surface area contributed by atoms with Gasteiger partial charge in [-0.15, -0.1) is 0 Å². The summed E-state index contributed by atoms with van der Waals surface area (Å²) in [5, 5.41) is 2.08. The molecule has 5 rings (SSSR count). The van der Waals surface area contributed by atoms with E-state index in [1.807, 2.05) is 0 Å². The van der Waals surface area contributed by atoms with E-state index in [9.17, 15) is 0 Å². The van der Waals surface area contributed by atoms with Crippen LogP contribution in [-0.4, -0.2) is 16.4 Å². The predicted octanol–water partition coefficient (Wildman–Crippen LogP) is 2.64. The van der Waals surface area contributed by atoms with Gasteiger partial charge in [0.1, 0.15) is 0 Å². The number of aromatic nitrogens is 1. The second-order valence-corrected chi connectivity index (χ2v) is 6.20. The Balaban J connectivity index is 1.67. The summed E-state index contributed by atoms with van der Waals surface area (Å²) < 4.78 is 0. The van der Waals surface area contributed by atoms with E-state index in [2.05, 4.69) is 87.9 Å². The maximum atomic E-state index is 4.67. The molecule has 3 nitrogen and oxygen atoms in total. The van der Waals surface area contributed by atoms with E-state index >= 15 is 0 Å². The van der Waals surface area contributed by atoms with Crippen LogP contribution in [0, 0.1) is 0 Å². The molecule has 1 aromatic heterocycles. The van der Waals surface area contributed by atoms with Crippen molar-refractivity contribution in [2.75, 3.05) is 0 Å². The lowest BCUT2D eigenvalue weighted by molar-refractivity contribution is 1.22. The summed E-state index contributed by atoms with van der Waals surface area (Å²) in [4.78, 5) is 12.7. The zero-order chi connectivity index (χ0) is 15.9. The van der Waals surface area contributed by atoms with Crippen LogP contribution in [-0.2, 0) is 0 Å². The maximum Gasteiger partial charge on any atom is 0.0658 e. The molecule has 0 spiro atoms. The third-order valence-corrected chi connectivity index (χ3v) is 4.29. The Morgan fingerprint density at radius 2 is 1.21 bits per heavy atom. The summed E-state index contributed by atoms with van der Waals surface area (Å²) >= 11 is 0. The summed E-state index contributed by atoms with van der Waals surface area (Å²) in [6, 6.07) is 4.13. The monoisotopic (exact) mass is 309 g/mol. The van der Waals surface area contributed by atoms with Crippen LogP contribution in [0.25, 0.3) is 12.2 Å². The van der Waals surface area contributed by atoms with E-state index in [1.165, 1.54) is 11.1 Å². The number of hydrogen-bond acceptors (Lipinski definition) is 2. The summed E-state index contributed by atoms with van der Waals surface area (Å²) in [6.07, 6.45) is 21.9. The average Bonchev–Trinajstić information content (AvgIpc) is 3.32. The molecule has 0 unspecified atom stereocenters. The van der Waals surface area contributed by atoms with Gasteiger partial charge in [-0.3, -0.25) is 0 Å². The standard InChI is InChI=1S/C21H15N3/c1-2-15-9-14(1)10-16-3-5-18(22-16)12-20-7-8-21(24-20)13-19-6-4-17(11-15)23-19/h1-8,10-13,24H,9H2. The van der Waals surface area contributed by atoms with Gasteiger partial charge in [0.05, 0.1) is 22.8 Å². The summed E-state index contributed by atoms with van der Waals surface area (Å²) in [5.41, 5.74) is 6.49. The third kappa shape index (κ3) is 2.50. The van der Waals surface area contributed by atoms with Crippen LogP contribution in [0.1, 0.15) is 6.42 Å². The molecule has 3 aliphatic heterocycles. The van der Waals surface area contributed by atoms with Gasteiger partial charge < -0.3 is 4.98 Å². The molecule has 3 heteroatoms. The minimum atomic E-state index is 0.926. The molecule has 4 heterocycles. The van der Waals surface area contributed by atoms with Crippen LogP contribution in [0.2, 0.25) is 0 Å². The van der Waals surface area contributed by atoms with Gasteiger partial charge in [-0.2, -0.15) is 0 Å². The topological polar surface area (TPSA) is 40.5 Å². The van der Waals surface area contributed by atoms with Gasteiger partial charge in [-0.25, -0.2) is 9.98 Å². The number of nitrogens with zero attached hydrogens (tertiary/aromatic N) is 2. The van der Waals surface area contributed by atoms with Crippen molar-refractivity contribution in [1.82, 2.24) is 4.98 Å². The fraction of sp³-hybridized carbons (Fsp3) is 0.0476. The smallest absolute Gasteiger partial charge is 0.0658 e. The molecule has 0 saturated carbocycles. The second-order valence-electron chi connectivity index (χ2n) is 6.20. The second kappa shape index (κ2) is 5.17. The molecular formula is C21H15N3. The number of H-pyrrole nitrogens is 1. The number of aliphatic imine (C=N–C) groups is 2. The molecular weight excluding hydrogens is 294 g/mol. The lowest BCUT2D eigenvalue weighted by Crippen LogP contribution is -2.12. The Kier molecular flexibility index (Phi) is 2.85. The highest BCUT2D eigenvalue weighted by Gasteiger charge is 2.10. The lowest BCUT2D eigenvalue weighted by Gasteiger charge is -1.98. The predicted molar refractivity (Wildman–Crippen MR) is 99.1 cm³/mol. The van der Waals surface area contributed by atoms with Crippen molar-refractivity contribution < 1.29 is 0 Å². The van der Waals surface area contributed by atoms with Crippen molar-refractivity contribution in [2.24, 2.45) is 9.98 Å². The first-order chi connectivity index (χ1) is 11.8.